The lowest BCUT2D eigenvalue weighted by Crippen LogP contribution is -2.29. The molecule has 2 nitrogen and oxygen atoms in total. The van der Waals surface area contributed by atoms with Gasteiger partial charge in [-0.3, -0.25) is 0 Å². The highest BCUT2D eigenvalue weighted by molar-refractivity contribution is 6.33. The van der Waals surface area contributed by atoms with E-state index in [1.165, 1.54) is 0 Å². The average molecular weight is 213 g/mol. The molecular weight excluding hydrogens is 196 g/mol. The Hall–Kier alpha value is -0.890. The Bertz CT molecular complexity index is 321. The smallest absolute Gasteiger partial charge is 0.0658 e. The van der Waals surface area contributed by atoms with E-state index in [0.29, 0.717) is 10.7 Å². The fourth-order valence-electron chi connectivity index (χ4n) is 1.09. The fraction of sp³-hybridized carbons (Fsp3) is 0.455. The van der Waals surface area contributed by atoms with Gasteiger partial charge in [0.05, 0.1) is 10.7 Å². The Balaban J connectivity index is 2.87. The van der Waals surface area contributed by atoms with Gasteiger partial charge in [-0.05, 0) is 38.5 Å². The summed E-state index contributed by atoms with van der Waals surface area (Å²) in [6, 6.07) is 5.52. The first-order valence-corrected chi connectivity index (χ1v) is 5.15. The summed E-state index contributed by atoms with van der Waals surface area (Å²) in [6.45, 7) is 6.41. The molecule has 0 amide bonds. The maximum Gasteiger partial charge on any atom is 0.0658 e. The summed E-state index contributed by atoms with van der Waals surface area (Å²) in [5.74, 6) is 0. The molecule has 0 fully saturated rings. The highest BCUT2D eigenvalue weighted by Crippen LogP contribution is 2.27. The molecule has 0 heterocycles. The zero-order valence-corrected chi connectivity index (χ0v) is 9.65. The number of hydrogen-bond donors (Lipinski definition) is 2. The summed E-state index contributed by atoms with van der Waals surface area (Å²) < 4.78 is 0. The largest absolute Gasteiger partial charge is 0.399 e. The minimum Gasteiger partial charge on any atom is -0.399 e. The quantitative estimate of drug-likeness (QED) is 0.753. The molecule has 0 aliphatic rings. The standard InChI is InChI=1S/C11H17ClN2/c1-4-11(2,3)14-10-6-5-8(13)7-9(10)12/h5-7,14H,4,13H2,1-3H3. The molecule has 0 aromatic heterocycles. The maximum atomic E-state index is 6.05. The number of rotatable bonds is 3. The summed E-state index contributed by atoms with van der Waals surface area (Å²) in [5, 5.41) is 4.05. The Labute approximate surface area is 90.4 Å². The summed E-state index contributed by atoms with van der Waals surface area (Å²) in [6.07, 6.45) is 1.04. The monoisotopic (exact) mass is 212 g/mol. The van der Waals surface area contributed by atoms with Crippen molar-refractivity contribution in [2.45, 2.75) is 32.7 Å². The number of benzene rings is 1. The van der Waals surface area contributed by atoms with Gasteiger partial charge in [0.25, 0.3) is 0 Å². The maximum absolute atomic E-state index is 6.05. The molecule has 3 N–H and O–H groups in total. The van der Waals surface area contributed by atoms with Gasteiger partial charge in [0.1, 0.15) is 0 Å². The van der Waals surface area contributed by atoms with Crippen molar-refractivity contribution in [1.29, 1.82) is 0 Å². The van der Waals surface area contributed by atoms with Crippen molar-refractivity contribution in [3.63, 3.8) is 0 Å². The van der Waals surface area contributed by atoms with Gasteiger partial charge >= 0.3 is 0 Å². The van der Waals surface area contributed by atoms with Crippen molar-refractivity contribution in [3.8, 4) is 0 Å². The molecule has 0 aliphatic heterocycles. The van der Waals surface area contributed by atoms with Crippen molar-refractivity contribution in [3.05, 3.63) is 23.2 Å². The van der Waals surface area contributed by atoms with Gasteiger partial charge in [0.2, 0.25) is 0 Å². The average Bonchev–Trinajstić information content (AvgIpc) is 2.10. The number of hydrogen-bond acceptors (Lipinski definition) is 2. The van der Waals surface area contributed by atoms with E-state index in [1.54, 1.807) is 6.07 Å². The van der Waals surface area contributed by atoms with Gasteiger partial charge < -0.3 is 11.1 Å². The fourth-order valence-corrected chi connectivity index (χ4v) is 1.32. The highest BCUT2D eigenvalue weighted by Gasteiger charge is 2.15. The number of nitrogens with one attached hydrogen (secondary N) is 1. The first-order chi connectivity index (χ1) is 6.44. The predicted octanol–water partition coefficient (Wildman–Crippen LogP) is 3.52. The Kier molecular flexibility index (Phi) is 3.27. The van der Waals surface area contributed by atoms with Gasteiger partial charge in [-0.2, -0.15) is 0 Å². The number of halogens is 1. The Morgan fingerprint density at radius 3 is 2.57 bits per heavy atom. The third-order valence-corrected chi connectivity index (χ3v) is 2.66. The highest BCUT2D eigenvalue weighted by atomic mass is 35.5. The van der Waals surface area contributed by atoms with Crippen LogP contribution in [0, 0.1) is 0 Å². The van der Waals surface area contributed by atoms with Crippen molar-refractivity contribution >= 4 is 23.0 Å². The van der Waals surface area contributed by atoms with Crippen LogP contribution in [0.15, 0.2) is 18.2 Å². The molecular formula is C11H17ClN2. The molecule has 0 saturated heterocycles. The molecule has 78 valence electrons. The predicted molar refractivity (Wildman–Crippen MR) is 63.9 cm³/mol. The molecule has 0 atom stereocenters. The van der Waals surface area contributed by atoms with Gasteiger partial charge in [0.15, 0.2) is 0 Å². The topological polar surface area (TPSA) is 38.0 Å². The molecule has 1 aromatic carbocycles. The number of nitrogens with two attached hydrogens (primary N) is 1. The second-order valence-corrected chi connectivity index (χ2v) is 4.51. The summed E-state index contributed by atoms with van der Waals surface area (Å²) >= 11 is 6.05. The molecule has 1 aromatic rings. The second kappa shape index (κ2) is 4.09. The Morgan fingerprint density at radius 1 is 1.43 bits per heavy atom. The van der Waals surface area contributed by atoms with Crippen molar-refractivity contribution < 1.29 is 0 Å². The van der Waals surface area contributed by atoms with E-state index >= 15 is 0 Å². The number of nitrogen functional groups attached to an aromatic ring is 1. The lowest BCUT2D eigenvalue weighted by molar-refractivity contribution is 0.547. The van der Waals surface area contributed by atoms with E-state index in [0.717, 1.165) is 12.1 Å². The minimum absolute atomic E-state index is 0.0553. The van der Waals surface area contributed by atoms with E-state index < -0.39 is 0 Å². The molecule has 0 unspecified atom stereocenters. The zero-order valence-electron chi connectivity index (χ0n) is 8.89. The van der Waals surface area contributed by atoms with Crippen molar-refractivity contribution in [2.75, 3.05) is 11.1 Å². The van der Waals surface area contributed by atoms with Crippen LogP contribution in [0.25, 0.3) is 0 Å². The summed E-state index contributed by atoms with van der Waals surface area (Å²) in [4.78, 5) is 0. The number of anilines is 2. The molecule has 14 heavy (non-hydrogen) atoms. The Morgan fingerprint density at radius 2 is 2.07 bits per heavy atom. The third-order valence-electron chi connectivity index (χ3n) is 2.35. The molecule has 1 rings (SSSR count). The van der Waals surface area contributed by atoms with E-state index in [1.807, 2.05) is 12.1 Å². The first kappa shape index (κ1) is 11.2. The van der Waals surface area contributed by atoms with E-state index in [2.05, 4.69) is 26.1 Å². The molecule has 0 aliphatic carbocycles. The van der Waals surface area contributed by atoms with Crippen molar-refractivity contribution in [2.24, 2.45) is 0 Å². The van der Waals surface area contributed by atoms with Gasteiger partial charge in [-0.15, -0.1) is 0 Å². The lowest BCUT2D eigenvalue weighted by atomic mass is 10.0. The van der Waals surface area contributed by atoms with E-state index in [9.17, 15) is 0 Å². The van der Waals surface area contributed by atoms with Gasteiger partial charge in [-0.25, -0.2) is 0 Å². The summed E-state index contributed by atoms with van der Waals surface area (Å²) in [5.41, 5.74) is 7.29. The van der Waals surface area contributed by atoms with Gasteiger partial charge in [0, 0.05) is 11.2 Å². The van der Waals surface area contributed by atoms with Crippen LogP contribution in [-0.4, -0.2) is 5.54 Å². The van der Waals surface area contributed by atoms with Gasteiger partial charge in [-0.1, -0.05) is 18.5 Å². The van der Waals surface area contributed by atoms with Crippen LogP contribution < -0.4 is 11.1 Å². The van der Waals surface area contributed by atoms with Crippen LogP contribution in [0.3, 0.4) is 0 Å². The molecule has 3 heteroatoms. The van der Waals surface area contributed by atoms with Crippen LogP contribution in [0.2, 0.25) is 5.02 Å². The normalized spacial score (nSPS) is 11.4. The van der Waals surface area contributed by atoms with Crippen LogP contribution in [0.1, 0.15) is 27.2 Å². The molecule has 0 spiro atoms. The minimum atomic E-state index is 0.0553. The molecule has 0 saturated carbocycles. The van der Waals surface area contributed by atoms with Crippen molar-refractivity contribution in [1.82, 2.24) is 0 Å². The van der Waals surface area contributed by atoms with Crippen LogP contribution >= 0.6 is 11.6 Å². The summed E-state index contributed by atoms with van der Waals surface area (Å²) in [7, 11) is 0. The molecule has 0 bridgehead atoms. The first-order valence-electron chi connectivity index (χ1n) is 4.78. The van der Waals surface area contributed by atoms with Crippen LogP contribution in [0.4, 0.5) is 11.4 Å². The molecule has 0 radical (unpaired) electrons. The lowest BCUT2D eigenvalue weighted by Gasteiger charge is -2.26. The van der Waals surface area contributed by atoms with Crippen LogP contribution in [-0.2, 0) is 0 Å². The zero-order chi connectivity index (χ0) is 10.8. The van der Waals surface area contributed by atoms with Crippen LogP contribution in [0.5, 0.6) is 0 Å². The second-order valence-electron chi connectivity index (χ2n) is 4.10. The van der Waals surface area contributed by atoms with E-state index in [4.69, 9.17) is 17.3 Å². The SMILES string of the molecule is CCC(C)(C)Nc1ccc(N)cc1Cl. The van der Waals surface area contributed by atoms with E-state index in [-0.39, 0.29) is 5.54 Å². The third kappa shape index (κ3) is 2.81.